The lowest BCUT2D eigenvalue weighted by atomic mass is 10.1. The molecule has 1 N–H and O–H groups in total. The molecule has 23 heavy (non-hydrogen) atoms. The fraction of sp³-hybridized carbons (Fsp3) is 0.0714. The van der Waals surface area contributed by atoms with Gasteiger partial charge in [-0.05, 0) is 18.2 Å². The summed E-state index contributed by atoms with van der Waals surface area (Å²) in [5.74, 6) is 0.235. The number of fused-ring (bicyclic) bond motifs is 1. The van der Waals surface area contributed by atoms with E-state index in [4.69, 9.17) is 9.47 Å². The summed E-state index contributed by atoms with van der Waals surface area (Å²) in [7, 11) is 0. The number of hydrogen-bond acceptors (Lipinski definition) is 7. The van der Waals surface area contributed by atoms with Gasteiger partial charge in [0.15, 0.2) is 11.5 Å². The molecule has 0 unspecified atom stereocenters. The summed E-state index contributed by atoms with van der Waals surface area (Å²) in [6.45, 7) is 0.00582. The summed E-state index contributed by atoms with van der Waals surface area (Å²) in [5.41, 5.74) is 2.65. The molecular weight excluding hydrogens is 304 g/mol. The summed E-state index contributed by atoms with van der Waals surface area (Å²) in [6.07, 6.45) is 4.13. The normalized spacial score (nSPS) is 12.3. The molecule has 3 rings (SSSR count). The fourth-order valence-corrected chi connectivity index (χ4v) is 1.94. The molecule has 9 nitrogen and oxygen atoms in total. The molecule has 1 aromatic carbocycles. The fourth-order valence-electron chi connectivity index (χ4n) is 1.94. The lowest BCUT2D eigenvalue weighted by Crippen LogP contribution is -2.17. The first-order chi connectivity index (χ1) is 11.1. The Labute approximate surface area is 129 Å². The van der Waals surface area contributed by atoms with E-state index in [1.807, 2.05) is 0 Å². The number of aromatic nitrogens is 1. The van der Waals surface area contributed by atoms with Gasteiger partial charge in [0.2, 0.25) is 6.79 Å². The second-order valence-electron chi connectivity index (χ2n) is 4.46. The first-order valence-corrected chi connectivity index (χ1v) is 6.46. The SMILES string of the molecule is O=C(N/N=C\c1cc2c(cc1[N+](=O)[O-])OCO2)c1ccncc1. The summed E-state index contributed by atoms with van der Waals surface area (Å²) < 4.78 is 10.3. The van der Waals surface area contributed by atoms with Gasteiger partial charge in [0.05, 0.1) is 22.8 Å². The van der Waals surface area contributed by atoms with E-state index in [1.165, 1.54) is 42.9 Å². The van der Waals surface area contributed by atoms with E-state index in [0.29, 0.717) is 17.1 Å². The molecule has 0 radical (unpaired) electrons. The van der Waals surface area contributed by atoms with E-state index in [-0.39, 0.29) is 18.0 Å². The highest BCUT2D eigenvalue weighted by atomic mass is 16.7. The van der Waals surface area contributed by atoms with Gasteiger partial charge < -0.3 is 9.47 Å². The molecule has 0 bridgehead atoms. The van der Waals surface area contributed by atoms with Crippen molar-refractivity contribution in [2.75, 3.05) is 6.79 Å². The third-order valence-corrected chi connectivity index (χ3v) is 3.03. The van der Waals surface area contributed by atoms with Gasteiger partial charge in [-0.15, -0.1) is 0 Å². The lowest BCUT2D eigenvalue weighted by molar-refractivity contribution is -0.385. The topological polar surface area (TPSA) is 116 Å². The predicted molar refractivity (Wildman–Crippen MR) is 78.5 cm³/mol. The quantitative estimate of drug-likeness (QED) is 0.519. The molecule has 2 aromatic rings. The summed E-state index contributed by atoms with van der Waals surface area (Å²) >= 11 is 0. The Bertz CT molecular complexity index is 791. The zero-order valence-corrected chi connectivity index (χ0v) is 11.6. The summed E-state index contributed by atoms with van der Waals surface area (Å²) in [4.78, 5) is 26.1. The molecule has 0 fully saturated rings. The molecule has 0 saturated heterocycles. The third kappa shape index (κ3) is 3.07. The number of nitro groups is 1. The van der Waals surface area contributed by atoms with Crippen LogP contribution in [-0.4, -0.2) is 28.8 Å². The summed E-state index contributed by atoms with van der Waals surface area (Å²) in [6, 6.07) is 5.73. The van der Waals surface area contributed by atoms with Crippen LogP contribution in [0, 0.1) is 10.1 Å². The smallest absolute Gasteiger partial charge is 0.282 e. The van der Waals surface area contributed by atoms with Crippen molar-refractivity contribution in [3.63, 3.8) is 0 Å². The van der Waals surface area contributed by atoms with Crippen molar-refractivity contribution in [2.45, 2.75) is 0 Å². The van der Waals surface area contributed by atoms with Gasteiger partial charge in [0, 0.05) is 18.0 Å². The number of nitrogens with one attached hydrogen (secondary N) is 1. The number of nitro benzene ring substituents is 1. The second kappa shape index (κ2) is 6.10. The van der Waals surface area contributed by atoms with Crippen LogP contribution in [0.4, 0.5) is 5.69 Å². The Morgan fingerprint density at radius 2 is 2.00 bits per heavy atom. The Balaban J connectivity index is 1.79. The minimum absolute atomic E-state index is 0.00582. The minimum Gasteiger partial charge on any atom is -0.454 e. The van der Waals surface area contributed by atoms with Crippen LogP contribution in [-0.2, 0) is 0 Å². The molecule has 0 atom stereocenters. The molecule has 1 aliphatic rings. The van der Waals surface area contributed by atoms with E-state index in [0.717, 1.165) is 0 Å². The van der Waals surface area contributed by atoms with Crippen molar-refractivity contribution in [1.29, 1.82) is 0 Å². The van der Waals surface area contributed by atoms with Crippen LogP contribution >= 0.6 is 0 Å². The predicted octanol–water partition coefficient (Wildman–Crippen LogP) is 1.48. The van der Waals surface area contributed by atoms with Crippen LogP contribution in [0.2, 0.25) is 0 Å². The third-order valence-electron chi connectivity index (χ3n) is 3.03. The monoisotopic (exact) mass is 314 g/mol. The average molecular weight is 314 g/mol. The lowest BCUT2D eigenvalue weighted by Gasteiger charge is -2.01. The van der Waals surface area contributed by atoms with Crippen molar-refractivity contribution < 1.29 is 19.2 Å². The van der Waals surface area contributed by atoms with Gasteiger partial charge in [0.25, 0.3) is 11.6 Å². The number of benzene rings is 1. The van der Waals surface area contributed by atoms with Gasteiger partial charge >= 0.3 is 0 Å². The number of ether oxygens (including phenoxy) is 2. The Hall–Kier alpha value is -3.49. The highest BCUT2D eigenvalue weighted by Crippen LogP contribution is 2.37. The van der Waals surface area contributed by atoms with Crippen LogP contribution in [0.25, 0.3) is 0 Å². The number of nitrogens with zero attached hydrogens (tertiary/aromatic N) is 3. The van der Waals surface area contributed by atoms with E-state index in [9.17, 15) is 14.9 Å². The molecule has 2 heterocycles. The zero-order valence-electron chi connectivity index (χ0n) is 11.6. The Kier molecular flexibility index (Phi) is 3.83. The van der Waals surface area contributed by atoms with Crippen molar-refractivity contribution in [3.8, 4) is 11.5 Å². The molecule has 0 saturated carbocycles. The van der Waals surface area contributed by atoms with Gasteiger partial charge in [0.1, 0.15) is 0 Å². The number of carbonyl (C=O) groups excluding carboxylic acids is 1. The average Bonchev–Trinajstić information content (AvgIpc) is 3.02. The highest BCUT2D eigenvalue weighted by molar-refractivity contribution is 5.95. The van der Waals surface area contributed by atoms with E-state index in [1.54, 1.807) is 0 Å². The molecule has 0 aliphatic carbocycles. The van der Waals surface area contributed by atoms with Crippen LogP contribution in [0.15, 0.2) is 41.8 Å². The maximum atomic E-state index is 11.8. The van der Waals surface area contributed by atoms with Crippen LogP contribution in [0.3, 0.4) is 0 Å². The van der Waals surface area contributed by atoms with E-state index in [2.05, 4.69) is 15.5 Å². The Morgan fingerprint density at radius 3 is 2.70 bits per heavy atom. The minimum atomic E-state index is -0.562. The van der Waals surface area contributed by atoms with Crippen LogP contribution in [0.5, 0.6) is 11.5 Å². The number of pyridine rings is 1. The molecule has 1 aromatic heterocycles. The number of carbonyl (C=O) groups is 1. The van der Waals surface area contributed by atoms with E-state index < -0.39 is 10.8 Å². The molecule has 9 heteroatoms. The van der Waals surface area contributed by atoms with Crippen molar-refractivity contribution in [3.05, 3.63) is 57.9 Å². The van der Waals surface area contributed by atoms with Gasteiger partial charge in [-0.1, -0.05) is 0 Å². The van der Waals surface area contributed by atoms with Crippen LogP contribution in [0.1, 0.15) is 15.9 Å². The van der Waals surface area contributed by atoms with E-state index >= 15 is 0 Å². The first-order valence-electron chi connectivity index (χ1n) is 6.46. The number of amides is 1. The van der Waals surface area contributed by atoms with Gasteiger partial charge in [-0.25, -0.2) is 5.43 Å². The van der Waals surface area contributed by atoms with Gasteiger partial charge in [-0.2, -0.15) is 5.10 Å². The van der Waals surface area contributed by atoms with Gasteiger partial charge in [-0.3, -0.25) is 19.9 Å². The second-order valence-corrected chi connectivity index (χ2v) is 4.46. The largest absolute Gasteiger partial charge is 0.454 e. The summed E-state index contributed by atoms with van der Waals surface area (Å²) in [5, 5.41) is 14.8. The number of hydrazone groups is 1. The molecule has 1 aliphatic heterocycles. The highest BCUT2D eigenvalue weighted by Gasteiger charge is 2.22. The number of rotatable bonds is 4. The maximum Gasteiger partial charge on any atom is 0.282 e. The van der Waals surface area contributed by atoms with Crippen molar-refractivity contribution in [1.82, 2.24) is 10.4 Å². The number of hydrogen-bond donors (Lipinski definition) is 1. The maximum absolute atomic E-state index is 11.8. The van der Waals surface area contributed by atoms with Crippen LogP contribution < -0.4 is 14.9 Å². The molecule has 0 spiro atoms. The standard InChI is InChI=1S/C14H10N4O5/c19-14(9-1-3-15-4-2-9)17-16-7-10-5-12-13(23-8-22-12)6-11(10)18(20)21/h1-7H,8H2,(H,17,19)/b16-7-. The van der Waals surface area contributed by atoms with Crippen molar-refractivity contribution >= 4 is 17.8 Å². The molecular formula is C14H10N4O5. The Morgan fingerprint density at radius 1 is 1.30 bits per heavy atom. The zero-order chi connectivity index (χ0) is 16.2. The molecule has 1 amide bonds. The first kappa shape index (κ1) is 14.4. The van der Waals surface area contributed by atoms with Crippen molar-refractivity contribution in [2.24, 2.45) is 5.10 Å². The molecule has 116 valence electrons.